The molecule has 3 N–H and O–H groups in total. The summed E-state index contributed by atoms with van der Waals surface area (Å²) in [5.41, 5.74) is 6.53. The standard InChI is InChI=1S/C16H18FN3O3S/c17-13-6-12(7-15(21)8-13)11-2-1-5-20(10-11)24(22,23)16-4-3-14(18)9-19-16/h3-4,6-9,11,21H,1-2,5,10,18H2. The van der Waals surface area contributed by atoms with Crippen molar-refractivity contribution in [1.82, 2.24) is 9.29 Å². The molecule has 8 heteroatoms. The van der Waals surface area contributed by atoms with Gasteiger partial charge in [0.15, 0.2) is 5.03 Å². The molecule has 1 aromatic carbocycles. The minimum atomic E-state index is -3.73. The molecule has 2 aromatic rings. The highest BCUT2D eigenvalue weighted by atomic mass is 32.2. The van der Waals surface area contributed by atoms with E-state index < -0.39 is 15.8 Å². The smallest absolute Gasteiger partial charge is 0.260 e. The van der Waals surface area contributed by atoms with Gasteiger partial charge >= 0.3 is 0 Å². The van der Waals surface area contributed by atoms with Crippen LogP contribution in [-0.4, -0.2) is 35.9 Å². The maximum absolute atomic E-state index is 13.5. The molecule has 1 aliphatic heterocycles. The number of piperidine rings is 1. The molecule has 1 aromatic heterocycles. The number of aromatic nitrogens is 1. The highest BCUT2D eigenvalue weighted by Crippen LogP contribution is 2.32. The van der Waals surface area contributed by atoms with E-state index in [1.807, 2.05) is 0 Å². The maximum Gasteiger partial charge on any atom is 0.260 e. The van der Waals surface area contributed by atoms with E-state index in [2.05, 4.69) is 4.98 Å². The number of pyridine rings is 1. The molecule has 0 amide bonds. The van der Waals surface area contributed by atoms with E-state index in [0.717, 1.165) is 12.5 Å². The Balaban J connectivity index is 1.86. The molecule has 6 nitrogen and oxygen atoms in total. The molecule has 0 bridgehead atoms. The molecule has 1 atom stereocenters. The molecular weight excluding hydrogens is 333 g/mol. The van der Waals surface area contributed by atoms with E-state index >= 15 is 0 Å². The first-order chi connectivity index (χ1) is 11.4. The van der Waals surface area contributed by atoms with Crippen LogP contribution in [-0.2, 0) is 10.0 Å². The molecule has 128 valence electrons. The molecule has 24 heavy (non-hydrogen) atoms. The molecule has 1 unspecified atom stereocenters. The topological polar surface area (TPSA) is 96.5 Å². The Morgan fingerprint density at radius 3 is 2.75 bits per heavy atom. The Labute approximate surface area is 139 Å². The number of hydrogen-bond donors (Lipinski definition) is 2. The zero-order valence-corrected chi connectivity index (χ0v) is 13.7. The van der Waals surface area contributed by atoms with Gasteiger partial charge in [0.05, 0.1) is 11.9 Å². The number of rotatable bonds is 3. The van der Waals surface area contributed by atoms with Crippen molar-refractivity contribution in [3.05, 3.63) is 47.9 Å². The van der Waals surface area contributed by atoms with Crippen molar-refractivity contribution in [1.29, 1.82) is 0 Å². The molecule has 0 spiro atoms. The zero-order chi connectivity index (χ0) is 17.3. The van der Waals surface area contributed by atoms with Gasteiger partial charge in [-0.15, -0.1) is 0 Å². The van der Waals surface area contributed by atoms with Gasteiger partial charge in [-0.25, -0.2) is 17.8 Å². The lowest BCUT2D eigenvalue weighted by molar-refractivity contribution is 0.314. The maximum atomic E-state index is 13.5. The molecule has 1 aliphatic rings. The van der Waals surface area contributed by atoms with Crippen molar-refractivity contribution < 1.29 is 17.9 Å². The lowest BCUT2D eigenvalue weighted by Crippen LogP contribution is -2.39. The van der Waals surface area contributed by atoms with Crippen LogP contribution in [0.3, 0.4) is 0 Å². The molecule has 1 saturated heterocycles. The van der Waals surface area contributed by atoms with Gasteiger partial charge in [-0.3, -0.25) is 0 Å². The lowest BCUT2D eigenvalue weighted by atomic mass is 9.91. The average molecular weight is 351 g/mol. The highest BCUT2D eigenvalue weighted by molar-refractivity contribution is 7.89. The number of nitrogens with two attached hydrogens (primary N) is 1. The predicted molar refractivity (Wildman–Crippen MR) is 87.4 cm³/mol. The summed E-state index contributed by atoms with van der Waals surface area (Å²) in [6.45, 7) is 0.601. The molecular formula is C16H18FN3O3S. The van der Waals surface area contributed by atoms with Crippen LogP contribution in [0.5, 0.6) is 5.75 Å². The van der Waals surface area contributed by atoms with Crippen LogP contribution in [0, 0.1) is 5.82 Å². The third kappa shape index (κ3) is 3.34. The Morgan fingerprint density at radius 1 is 1.29 bits per heavy atom. The predicted octanol–water partition coefficient (Wildman–Crippen LogP) is 2.08. The van der Waals surface area contributed by atoms with Crippen molar-refractivity contribution in [3.63, 3.8) is 0 Å². The molecule has 2 heterocycles. The van der Waals surface area contributed by atoms with Crippen LogP contribution < -0.4 is 5.73 Å². The van der Waals surface area contributed by atoms with E-state index in [9.17, 15) is 17.9 Å². The quantitative estimate of drug-likeness (QED) is 0.882. The van der Waals surface area contributed by atoms with Gasteiger partial charge in [0.2, 0.25) is 0 Å². The van der Waals surface area contributed by atoms with Crippen LogP contribution in [0.2, 0.25) is 0 Å². The fourth-order valence-corrected chi connectivity index (χ4v) is 4.38. The number of nitrogen functional groups attached to an aromatic ring is 1. The van der Waals surface area contributed by atoms with Gasteiger partial charge in [-0.1, -0.05) is 0 Å². The van der Waals surface area contributed by atoms with Gasteiger partial charge in [-0.05, 0) is 48.6 Å². The van der Waals surface area contributed by atoms with Crippen LogP contribution >= 0.6 is 0 Å². The van der Waals surface area contributed by atoms with Crippen LogP contribution in [0.1, 0.15) is 24.3 Å². The lowest BCUT2D eigenvalue weighted by Gasteiger charge is -2.32. The van der Waals surface area contributed by atoms with Crippen LogP contribution in [0.4, 0.5) is 10.1 Å². The largest absolute Gasteiger partial charge is 0.508 e. The second-order valence-corrected chi connectivity index (χ2v) is 7.76. The molecule has 0 saturated carbocycles. The van der Waals surface area contributed by atoms with Crippen LogP contribution in [0.25, 0.3) is 0 Å². The normalized spacial score (nSPS) is 19.3. The minimum absolute atomic E-state index is 0.0561. The van der Waals surface area contributed by atoms with E-state index in [4.69, 9.17) is 5.73 Å². The number of benzene rings is 1. The SMILES string of the molecule is Nc1ccc(S(=O)(=O)N2CCCC(c3cc(O)cc(F)c3)C2)nc1. The molecule has 0 radical (unpaired) electrons. The van der Waals surface area contributed by atoms with E-state index in [-0.39, 0.29) is 23.2 Å². The highest BCUT2D eigenvalue weighted by Gasteiger charge is 2.32. The van der Waals surface area contributed by atoms with Crippen molar-refractivity contribution >= 4 is 15.7 Å². The number of hydrogen-bond acceptors (Lipinski definition) is 5. The number of aromatic hydroxyl groups is 1. The summed E-state index contributed by atoms with van der Waals surface area (Å²) in [4.78, 5) is 3.90. The minimum Gasteiger partial charge on any atom is -0.508 e. The van der Waals surface area contributed by atoms with Gasteiger partial charge in [0, 0.05) is 19.2 Å². The monoisotopic (exact) mass is 351 g/mol. The van der Waals surface area contributed by atoms with E-state index in [1.165, 1.54) is 34.8 Å². The second-order valence-electron chi connectivity index (χ2n) is 5.87. The number of nitrogens with zero attached hydrogens (tertiary/aromatic N) is 2. The van der Waals surface area contributed by atoms with Crippen molar-refractivity contribution in [2.75, 3.05) is 18.8 Å². The summed E-state index contributed by atoms with van der Waals surface area (Å²) in [7, 11) is -3.73. The number of sulfonamides is 1. The summed E-state index contributed by atoms with van der Waals surface area (Å²) in [5, 5.41) is 9.50. The third-order valence-electron chi connectivity index (χ3n) is 4.12. The van der Waals surface area contributed by atoms with E-state index in [0.29, 0.717) is 24.2 Å². The van der Waals surface area contributed by atoms with Gasteiger partial charge < -0.3 is 10.8 Å². The summed E-state index contributed by atoms with van der Waals surface area (Å²) in [6, 6.07) is 6.71. The van der Waals surface area contributed by atoms with Crippen LogP contribution in [0.15, 0.2) is 41.6 Å². The number of anilines is 1. The Kier molecular flexibility index (Phi) is 4.42. The van der Waals surface area contributed by atoms with Crippen molar-refractivity contribution in [2.45, 2.75) is 23.8 Å². The molecule has 3 rings (SSSR count). The zero-order valence-electron chi connectivity index (χ0n) is 12.9. The Hall–Kier alpha value is -2.19. The number of phenolic OH excluding ortho intramolecular Hbond substituents is 1. The fraction of sp³-hybridized carbons (Fsp3) is 0.312. The van der Waals surface area contributed by atoms with Gasteiger partial charge in [0.25, 0.3) is 10.0 Å². The summed E-state index contributed by atoms with van der Waals surface area (Å²) < 4.78 is 40.3. The van der Waals surface area contributed by atoms with Gasteiger partial charge in [0.1, 0.15) is 11.6 Å². The summed E-state index contributed by atoms with van der Waals surface area (Å²) in [6.07, 6.45) is 2.68. The number of phenols is 1. The first kappa shape index (κ1) is 16.7. The Bertz CT molecular complexity index is 820. The average Bonchev–Trinajstić information content (AvgIpc) is 2.54. The third-order valence-corrected chi connectivity index (χ3v) is 5.91. The molecule has 0 aliphatic carbocycles. The number of halogens is 1. The van der Waals surface area contributed by atoms with Gasteiger partial charge in [-0.2, -0.15) is 4.31 Å². The Morgan fingerprint density at radius 2 is 2.08 bits per heavy atom. The fourth-order valence-electron chi connectivity index (χ4n) is 2.94. The van der Waals surface area contributed by atoms with Crippen molar-refractivity contribution in [2.24, 2.45) is 0 Å². The molecule has 1 fully saturated rings. The summed E-state index contributed by atoms with van der Waals surface area (Å²) >= 11 is 0. The second kappa shape index (κ2) is 6.37. The summed E-state index contributed by atoms with van der Waals surface area (Å²) in [5.74, 6) is -0.876. The first-order valence-electron chi connectivity index (χ1n) is 7.57. The van der Waals surface area contributed by atoms with Crippen molar-refractivity contribution in [3.8, 4) is 5.75 Å². The first-order valence-corrected chi connectivity index (χ1v) is 9.01. The van der Waals surface area contributed by atoms with E-state index in [1.54, 1.807) is 0 Å².